The van der Waals surface area contributed by atoms with Crippen molar-refractivity contribution in [3.63, 3.8) is 0 Å². The first-order valence-corrected chi connectivity index (χ1v) is 24.6. The van der Waals surface area contributed by atoms with Gasteiger partial charge in [0.2, 0.25) is 0 Å². The topological polar surface area (TPSA) is 78.9 Å². The predicted octanol–water partition coefficient (Wildman–Crippen LogP) is 16.0. The van der Waals surface area contributed by atoms with Gasteiger partial charge in [0.1, 0.15) is 13.2 Å². The van der Waals surface area contributed by atoms with E-state index in [9.17, 15) is 14.4 Å². The number of carbonyl (C=O) groups is 3. The first kappa shape index (κ1) is 56.6. The standard InChI is InChI=1S/C54H90O6/c1-4-7-10-13-16-19-22-25-26-27-28-30-32-35-38-41-44-47-53(56)59-50-51(49-58-52(55)46-43-40-37-34-31-24-21-18-15-12-9-6-3)60-54(57)48-45-42-39-36-33-29-23-20-17-14-11-8-5-2/h7,9-10,12,16,18-19,21,25-26,28,30,35,38,51H,4-6,8,11,13-15,17,20,22-24,27,29,31-34,36-37,39-50H2,1-3H3/b10-7-,12-9-,19-16-,21-18-,26-25-,30-28-,38-35-. The molecular weight excluding hydrogens is 745 g/mol. The van der Waals surface area contributed by atoms with Crippen LogP contribution in [-0.4, -0.2) is 37.2 Å². The zero-order chi connectivity index (χ0) is 43.7. The number of carbonyl (C=O) groups excluding carboxylic acids is 3. The van der Waals surface area contributed by atoms with Crippen molar-refractivity contribution in [3.8, 4) is 0 Å². The molecule has 0 saturated carbocycles. The summed E-state index contributed by atoms with van der Waals surface area (Å²) in [6.45, 7) is 6.34. The maximum absolute atomic E-state index is 12.8. The van der Waals surface area contributed by atoms with Crippen molar-refractivity contribution in [3.05, 3.63) is 85.1 Å². The smallest absolute Gasteiger partial charge is 0.306 e. The van der Waals surface area contributed by atoms with Gasteiger partial charge in [0.15, 0.2) is 6.10 Å². The lowest BCUT2D eigenvalue weighted by Gasteiger charge is -2.18. The highest BCUT2D eigenvalue weighted by atomic mass is 16.6. The molecule has 1 atom stereocenters. The van der Waals surface area contributed by atoms with Gasteiger partial charge in [-0.1, -0.05) is 202 Å². The molecule has 0 aromatic rings. The van der Waals surface area contributed by atoms with E-state index in [-0.39, 0.29) is 37.5 Å². The molecule has 0 aromatic carbocycles. The van der Waals surface area contributed by atoms with E-state index in [2.05, 4.69) is 106 Å². The Morgan fingerprint density at radius 3 is 1.08 bits per heavy atom. The molecule has 0 aromatic heterocycles. The van der Waals surface area contributed by atoms with Crippen molar-refractivity contribution in [2.24, 2.45) is 0 Å². The monoisotopic (exact) mass is 835 g/mol. The van der Waals surface area contributed by atoms with Crippen LogP contribution in [0.15, 0.2) is 85.1 Å². The minimum atomic E-state index is -0.802. The van der Waals surface area contributed by atoms with Crippen LogP contribution in [-0.2, 0) is 28.6 Å². The van der Waals surface area contributed by atoms with Crippen LogP contribution in [0.5, 0.6) is 0 Å². The first-order valence-electron chi connectivity index (χ1n) is 24.6. The number of unbranched alkanes of at least 4 members (excludes halogenated alkanes) is 18. The summed E-state index contributed by atoms with van der Waals surface area (Å²) < 4.78 is 16.7. The average molecular weight is 835 g/mol. The number of allylic oxidation sites excluding steroid dienone is 14. The number of ether oxygens (including phenoxy) is 3. The number of rotatable bonds is 43. The molecule has 0 rings (SSSR count). The Morgan fingerprint density at radius 1 is 0.350 bits per heavy atom. The number of esters is 3. The normalized spacial score (nSPS) is 12.8. The quantitative estimate of drug-likeness (QED) is 0.0263. The zero-order valence-electron chi connectivity index (χ0n) is 38.9. The molecule has 0 aliphatic rings. The van der Waals surface area contributed by atoms with Crippen molar-refractivity contribution >= 4 is 17.9 Å². The van der Waals surface area contributed by atoms with Gasteiger partial charge in [-0.05, 0) is 83.5 Å². The van der Waals surface area contributed by atoms with Gasteiger partial charge in [0.05, 0.1) is 0 Å². The molecule has 0 aliphatic carbocycles. The van der Waals surface area contributed by atoms with Gasteiger partial charge in [-0.15, -0.1) is 0 Å². The highest BCUT2D eigenvalue weighted by molar-refractivity contribution is 5.71. The second kappa shape index (κ2) is 48.3. The van der Waals surface area contributed by atoms with Gasteiger partial charge in [0.25, 0.3) is 0 Å². The first-order chi connectivity index (χ1) is 29.5. The average Bonchev–Trinajstić information content (AvgIpc) is 3.24. The Bertz CT molecular complexity index is 1190. The summed E-state index contributed by atoms with van der Waals surface area (Å²) in [5.41, 5.74) is 0. The SMILES string of the molecule is CC/C=C\C/C=C\C/C=C\C/C=C\C/C=C\CCCC(=O)OCC(COC(=O)CCCCCCC/C=C\C/C=C\CC)OC(=O)CCCCCCCCCCCCCCC. The lowest BCUT2D eigenvalue weighted by Crippen LogP contribution is -2.30. The second-order valence-electron chi connectivity index (χ2n) is 16.0. The largest absolute Gasteiger partial charge is 0.462 e. The molecule has 0 amide bonds. The fourth-order valence-corrected chi connectivity index (χ4v) is 6.51. The molecular formula is C54H90O6. The van der Waals surface area contributed by atoms with E-state index in [4.69, 9.17) is 14.2 Å². The third kappa shape index (κ3) is 45.7. The summed E-state index contributed by atoms with van der Waals surface area (Å²) in [4.78, 5) is 37.9. The molecule has 0 saturated heterocycles. The molecule has 0 heterocycles. The molecule has 0 aliphatic heterocycles. The molecule has 342 valence electrons. The van der Waals surface area contributed by atoms with Crippen LogP contribution >= 0.6 is 0 Å². The molecule has 0 bridgehead atoms. The lowest BCUT2D eigenvalue weighted by molar-refractivity contribution is -0.167. The maximum atomic E-state index is 12.8. The van der Waals surface area contributed by atoms with Gasteiger partial charge in [-0.2, -0.15) is 0 Å². The van der Waals surface area contributed by atoms with Gasteiger partial charge < -0.3 is 14.2 Å². The fourth-order valence-electron chi connectivity index (χ4n) is 6.51. The molecule has 0 radical (unpaired) electrons. The van der Waals surface area contributed by atoms with Gasteiger partial charge in [0, 0.05) is 19.3 Å². The van der Waals surface area contributed by atoms with Crippen LogP contribution in [0.1, 0.15) is 220 Å². The molecule has 0 N–H and O–H groups in total. The maximum Gasteiger partial charge on any atom is 0.306 e. The van der Waals surface area contributed by atoms with Crippen LogP contribution in [0.25, 0.3) is 0 Å². The van der Waals surface area contributed by atoms with Crippen molar-refractivity contribution < 1.29 is 28.6 Å². The minimum Gasteiger partial charge on any atom is -0.462 e. The highest BCUT2D eigenvalue weighted by Crippen LogP contribution is 2.14. The van der Waals surface area contributed by atoms with Crippen LogP contribution in [0.4, 0.5) is 0 Å². The second-order valence-corrected chi connectivity index (χ2v) is 16.0. The fraction of sp³-hybridized carbons (Fsp3) is 0.685. The predicted molar refractivity (Wildman–Crippen MR) is 256 cm³/mol. The van der Waals surface area contributed by atoms with Crippen molar-refractivity contribution in [1.82, 2.24) is 0 Å². The van der Waals surface area contributed by atoms with Crippen LogP contribution in [0.3, 0.4) is 0 Å². The third-order valence-electron chi connectivity index (χ3n) is 10.1. The van der Waals surface area contributed by atoms with Crippen molar-refractivity contribution in [1.29, 1.82) is 0 Å². The van der Waals surface area contributed by atoms with E-state index in [0.29, 0.717) is 19.3 Å². The molecule has 0 fully saturated rings. The van der Waals surface area contributed by atoms with Crippen LogP contribution in [0, 0.1) is 0 Å². The van der Waals surface area contributed by atoms with Gasteiger partial charge in [-0.25, -0.2) is 0 Å². The Balaban J connectivity index is 4.48. The van der Waals surface area contributed by atoms with Crippen molar-refractivity contribution in [2.75, 3.05) is 13.2 Å². The van der Waals surface area contributed by atoms with Crippen molar-refractivity contribution in [2.45, 2.75) is 226 Å². The molecule has 0 spiro atoms. The van der Waals surface area contributed by atoms with E-state index < -0.39 is 6.10 Å². The summed E-state index contributed by atoms with van der Waals surface area (Å²) >= 11 is 0. The summed E-state index contributed by atoms with van der Waals surface area (Å²) in [6.07, 6.45) is 61.4. The Kier molecular flexibility index (Phi) is 45.5. The van der Waals surface area contributed by atoms with E-state index in [1.54, 1.807) is 0 Å². The van der Waals surface area contributed by atoms with E-state index in [1.807, 2.05) is 0 Å². The summed E-state index contributed by atoms with van der Waals surface area (Å²) in [6, 6.07) is 0. The lowest BCUT2D eigenvalue weighted by atomic mass is 10.0. The Labute approximate surface area is 369 Å². The summed E-state index contributed by atoms with van der Waals surface area (Å²) in [5.74, 6) is -0.977. The summed E-state index contributed by atoms with van der Waals surface area (Å²) in [5, 5.41) is 0. The molecule has 60 heavy (non-hydrogen) atoms. The summed E-state index contributed by atoms with van der Waals surface area (Å²) in [7, 11) is 0. The number of hydrogen-bond donors (Lipinski definition) is 0. The number of hydrogen-bond acceptors (Lipinski definition) is 6. The Morgan fingerprint density at radius 2 is 0.667 bits per heavy atom. The molecule has 1 unspecified atom stereocenters. The highest BCUT2D eigenvalue weighted by Gasteiger charge is 2.19. The van der Waals surface area contributed by atoms with Crippen LogP contribution < -0.4 is 0 Å². The van der Waals surface area contributed by atoms with E-state index in [0.717, 1.165) is 109 Å². The van der Waals surface area contributed by atoms with Gasteiger partial charge in [-0.3, -0.25) is 14.4 Å². The van der Waals surface area contributed by atoms with E-state index >= 15 is 0 Å². The van der Waals surface area contributed by atoms with Gasteiger partial charge >= 0.3 is 17.9 Å². The Hall–Kier alpha value is -3.41. The third-order valence-corrected chi connectivity index (χ3v) is 10.1. The molecule has 6 heteroatoms. The minimum absolute atomic E-state index is 0.101. The van der Waals surface area contributed by atoms with Crippen LogP contribution in [0.2, 0.25) is 0 Å². The van der Waals surface area contributed by atoms with E-state index in [1.165, 1.54) is 64.2 Å². The zero-order valence-corrected chi connectivity index (χ0v) is 38.9. The molecule has 6 nitrogen and oxygen atoms in total.